The summed E-state index contributed by atoms with van der Waals surface area (Å²) in [6.07, 6.45) is 30.3. The predicted molar refractivity (Wildman–Crippen MR) is 539 cm³/mol. The first-order chi connectivity index (χ1) is 64.0. The Hall–Kier alpha value is -12.3. The van der Waals surface area contributed by atoms with Gasteiger partial charge in [0.2, 0.25) is 23.5 Å². The summed E-state index contributed by atoms with van der Waals surface area (Å²) in [4.78, 5) is 78.3. The summed E-state index contributed by atoms with van der Waals surface area (Å²) in [6.45, 7) is 33.7. The summed E-state index contributed by atoms with van der Waals surface area (Å²) >= 11 is 0. The van der Waals surface area contributed by atoms with E-state index in [1.54, 1.807) is 61.4 Å². The molecule has 16 rings (SSSR count). The van der Waals surface area contributed by atoms with Crippen molar-refractivity contribution in [2.45, 2.75) is 163 Å². The number of hydrogen-bond donors (Lipinski definition) is 4. The van der Waals surface area contributed by atoms with E-state index in [4.69, 9.17) is 24.1 Å². The van der Waals surface area contributed by atoms with Crippen LogP contribution >= 0.6 is 0 Å². The van der Waals surface area contributed by atoms with Gasteiger partial charge in [0.1, 0.15) is 17.4 Å². The molecule has 0 bridgehead atoms. The van der Waals surface area contributed by atoms with Crippen LogP contribution in [0, 0.1) is 57.9 Å². The van der Waals surface area contributed by atoms with E-state index in [1.165, 1.54) is 81.2 Å². The average Bonchev–Trinajstić information content (AvgIpc) is 0.797. The molecule has 0 spiro atoms. The molecule has 24 heteroatoms. The van der Waals surface area contributed by atoms with Crippen LogP contribution in [0.3, 0.4) is 0 Å². The molecule has 8 heterocycles. The third-order valence-electron chi connectivity index (χ3n) is 22.3. The van der Waals surface area contributed by atoms with Gasteiger partial charge in [-0.15, -0.1) is 12.1 Å². The van der Waals surface area contributed by atoms with E-state index in [1.807, 2.05) is 220 Å². The number of aromatic nitrogens is 8. The van der Waals surface area contributed by atoms with Gasteiger partial charge in [0.25, 0.3) is 0 Å². The van der Waals surface area contributed by atoms with E-state index in [2.05, 4.69) is 161 Å². The molecule has 0 fully saturated rings. The van der Waals surface area contributed by atoms with E-state index in [9.17, 15) is 34.5 Å². The molecule has 0 aliphatic carbocycles. The topological polar surface area (TPSA) is 289 Å². The van der Waals surface area contributed by atoms with Gasteiger partial charge in [-0.3, -0.25) is 24.2 Å². The van der Waals surface area contributed by atoms with Crippen molar-refractivity contribution in [3.63, 3.8) is 0 Å². The van der Waals surface area contributed by atoms with Crippen LogP contribution in [-0.2, 0) is 99.6 Å². The average molecular weight is 2560 g/mol. The molecule has 8 aromatic heterocycles. The van der Waals surface area contributed by atoms with Gasteiger partial charge in [-0.05, 0) is 135 Å². The Labute approximate surface area is 864 Å². The molecular formula is C114H120Ir4N8O12-4. The third kappa shape index (κ3) is 35.3. The number of benzene rings is 8. The van der Waals surface area contributed by atoms with Gasteiger partial charge in [0, 0.05) is 220 Å². The molecule has 0 unspecified atom stereocenters. The second kappa shape index (κ2) is 56.5. The van der Waals surface area contributed by atoms with Gasteiger partial charge in [-0.2, -0.15) is 36.4 Å². The van der Waals surface area contributed by atoms with Crippen LogP contribution in [-0.4, -0.2) is 83.4 Å². The first kappa shape index (κ1) is 116. The molecule has 4 radical (unpaired) electrons. The van der Waals surface area contributed by atoms with Gasteiger partial charge in [0.05, 0.1) is 11.5 Å². The first-order valence-electron chi connectivity index (χ1n) is 44.9. The molecule has 4 N–H and O–H groups in total. The van der Waals surface area contributed by atoms with Crippen molar-refractivity contribution < 1.29 is 139 Å². The van der Waals surface area contributed by atoms with Gasteiger partial charge in [-0.1, -0.05) is 287 Å². The molecule has 20 nitrogen and oxygen atoms in total. The Bertz CT molecular complexity index is 6120. The molecular weight excluding hydrogens is 2440 g/mol. The van der Waals surface area contributed by atoms with E-state index in [0.29, 0.717) is 46.6 Å². The molecule has 8 aromatic carbocycles. The summed E-state index contributed by atoms with van der Waals surface area (Å²) in [5.74, 6) is 5.10. The van der Waals surface area contributed by atoms with Crippen LogP contribution in [0.1, 0.15) is 163 Å². The molecule has 0 saturated carbocycles. The van der Waals surface area contributed by atoms with Crippen LogP contribution in [0.15, 0.2) is 316 Å². The normalized spacial score (nSPS) is 11.4. The summed E-state index contributed by atoms with van der Waals surface area (Å²) in [7, 11) is 0. The number of aliphatic hydroxyl groups excluding tert-OH is 4. The Balaban J connectivity index is 0.000000282. The van der Waals surface area contributed by atoms with Crippen molar-refractivity contribution in [3.8, 4) is 46.6 Å². The summed E-state index contributed by atoms with van der Waals surface area (Å²) in [5.41, 5.74) is -1.45. The number of nitrogens with zero attached hydrogens (tertiary/aromatic N) is 8. The van der Waals surface area contributed by atoms with Crippen LogP contribution in [0.25, 0.3) is 86.2 Å². The van der Waals surface area contributed by atoms with Gasteiger partial charge in [-0.25, -0.2) is 26.0 Å². The zero-order valence-electron chi connectivity index (χ0n) is 81.1. The van der Waals surface area contributed by atoms with Crippen molar-refractivity contribution in [3.05, 3.63) is 340 Å². The van der Waals surface area contributed by atoms with Crippen molar-refractivity contribution in [1.82, 2.24) is 39.9 Å². The fourth-order valence-electron chi connectivity index (χ4n) is 13.1. The largest absolute Gasteiger partial charge is 0.512 e. The summed E-state index contributed by atoms with van der Waals surface area (Å²) in [6, 6.07) is 77.2. The molecule has 138 heavy (non-hydrogen) atoms. The Kier molecular flexibility index (Phi) is 47.6. The first-order valence-corrected chi connectivity index (χ1v) is 44.9. The molecule has 0 atom stereocenters. The second-order valence-electron chi connectivity index (χ2n) is 35.1. The van der Waals surface area contributed by atoms with Crippen molar-refractivity contribution in [1.29, 1.82) is 0 Å². The molecule has 16 aromatic rings. The van der Waals surface area contributed by atoms with Gasteiger partial charge >= 0.3 is 0 Å². The maximum Gasteiger partial charge on any atom is 0.219 e. The quantitative estimate of drug-likeness (QED) is 0.0212. The number of carbonyl (C=O) groups excluding carboxylic acids is 4. The number of rotatable bonds is 22. The van der Waals surface area contributed by atoms with Gasteiger partial charge < -0.3 is 54.3 Å². The fraction of sp³-hybridized carbons (Fsp3) is 0.263. The smallest absolute Gasteiger partial charge is 0.219 e. The molecule has 0 saturated heterocycles. The Morgan fingerprint density at radius 2 is 0.768 bits per heavy atom. The third-order valence-corrected chi connectivity index (χ3v) is 22.3. The number of ether oxygens (including phenoxy) is 4. The number of hydrogen-bond acceptors (Lipinski definition) is 20. The van der Waals surface area contributed by atoms with Crippen molar-refractivity contribution >= 4 is 109 Å². The summed E-state index contributed by atoms with van der Waals surface area (Å²) < 4.78 is 22.8. The zero-order valence-corrected chi connectivity index (χ0v) is 90.7. The predicted octanol–water partition coefficient (Wildman–Crippen LogP) is 29.4. The minimum Gasteiger partial charge on any atom is -0.512 e. The molecule has 0 aliphatic heterocycles. The monoisotopic (exact) mass is 2560 g/mol. The number of carbonyl (C=O) groups is 4. The number of ketones is 4. The minimum atomic E-state index is -0.417. The second-order valence-corrected chi connectivity index (χ2v) is 35.1. The van der Waals surface area contributed by atoms with Gasteiger partial charge in [0.15, 0.2) is 23.1 Å². The van der Waals surface area contributed by atoms with Crippen LogP contribution < -0.4 is 18.9 Å². The minimum absolute atomic E-state index is 0. The fourth-order valence-corrected chi connectivity index (χ4v) is 13.1. The summed E-state index contributed by atoms with van der Waals surface area (Å²) in [5, 5.41) is 56.0. The SMILES string of the molecule is CC(=O)C=C(C)O.CC(C)(C)C(=O)C=C(O)C(C)(C)C.CCC(C)(C)C(=O)C=C(O)C(C)(C)CC.CCC(CC)C(=O)C=C(O)C(CC)CC.[Ir].[Ir].[Ir].[Ir].[c-]1cccnc1Oc1cc2c(ccc3ccccc32)cn1.[c-]1ccncc1Oc1cc2c(ccc3ccccc32)cn1.[c-]1cnccc1Oc1cc2c(ccc3ccccc32)cn1.[c-]1ncccc1Oc1cc2c(ccc3ccccc32)cn1. The molecule has 728 valence electrons. The maximum absolute atomic E-state index is 11.8. The molecule has 0 aliphatic rings. The van der Waals surface area contributed by atoms with Crippen molar-refractivity contribution in [2.24, 2.45) is 33.5 Å². The van der Waals surface area contributed by atoms with Crippen LogP contribution in [0.5, 0.6) is 46.6 Å². The number of allylic oxidation sites excluding steroid dienone is 8. The van der Waals surface area contributed by atoms with Crippen molar-refractivity contribution in [2.75, 3.05) is 0 Å². The number of aliphatic hydroxyl groups is 4. The van der Waals surface area contributed by atoms with Crippen LogP contribution in [0.2, 0.25) is 0 Å². The number of pyridine rings is 8. The molecule has 0 amide bonds. The van der Waals surface area contributed by atoms with E-state index < -0.39 is 5.41 Å². The van der Waals surface area contributed by atoms with E-state index in [0.717, 1.165) is 81.6 Å². The maximum atomic E-state index is 11.8. The van der Waals surface area contributed by atoms with Crippen LogP contribution in [0.4, 0.5) is 0 Å². The Morgan fingerprint density at radius 1 is 0.355 bits per heavy atom. The van der Waals surface area contributed by atoms with E-state index in [-0.39, 0.29) is 155 Å². The number of fused-ring (bicyclic) bond motifs is 12. The standard InChI is InChI=1S/4C18H11N2O.2C13H24O2.C11H20O2.C5H8O2.4Ir/c1-2-6-15-13(5-1)8-9-14-12-20-18(11-16(14)15)21-17-7-3-4-10-19-17;2*1-2-6-16-13(4-1)7-8-14-11-20-18(10-17(14)16)21-15-5-3-9-19-12-15;1-2-4-16-13(3-1)5-6-14-12-20-18(11-17(14)16)21-15-7-9-19-10-8-15;1-7-12(3,4)10(14)9-11(15)13(5,6)8-2;1-5-10(6-2)12(14)9-13(15)11(7-3)8-4;1-10(2,3)8(12)7-9(13)11(4,5)6;1-4(6)3-5(2)7;;;;/h1-6,8-12H;1-4,6-12H;1-11H;1-7,9-12H;9,14H,7-8H2,1-6H3;9-11,14H,5-8H2,1-4H3;7,12H,1-6H3;3,6H,1-2H3;;;;/q4*-1;;;;;;;;. The zero-order chi connectivity index (χ0) is 97.1. The Morgan fingerprint density at radius 3 is 1.12 bits per heavy atom. The van der Waals surface area contributed by atoms with E-state index >= 15 is 0 Å².